The predicted molar refractivity (Wildman–Crippen MR) is 104 cm³/mol. The number of aliphatic carboxylic acids is 1. The highest BCUT2D eigenvalue weighted by molar-refractivity contribution is 6.00. The normalized spacial score (nSPS) is 19.0. The second-order valence-electron chi connectivity index (χ2n) is 6.91. The van der Waals surface area contributed by atoms with Crippen LogP contribution in [0, 0.1) is 5.92 Å². The lowest BCUT2D eigenvalue weighted by atomic mass is 9.88. The Kier molecular flexibility index (Phi) is 5.35. The number of benzene rings is 2. The van der Waals surface area contributed by atoms with Crippen molar-refractivity contribution in [1.29, 1.82) is 0 Å². The molecule has 1 aliphatic rings. The Morgan fingerprint density at radius 2 is 1.74 bits per heavy atom. The Balaban J connectivity index is 1.93. The highest BCUT2D eigenvalue weighted by Gasteiger charge is 2.42. The van der Waals surface area contributed by atoms with E-state index in [-0.39, 0.29) is 18.4 Å². The van der Waals surface area contributed by atoms with Crippen molar-refractivity contribution in [3.63, 3.8) is 0 Å². The van der Waals surface area contributed by atoms with Crippen LogP contribution in [0.4, 0.5) is 5.69 Å². The van der Waals surface area contributed by atoms with Crippen molar-refractivity contribution >= 4 is 17.6 Å². The first-order valence-electron chi connectivity index (χ1n) is 8.85. The van der Waals surface area contributed by atoms with Crippen LogP contribution in [0.15, 0.2) is 48.5 Å². The van der Waals surface area contributed by atoms with Crippen molar-refractivity contribution < 1.29 is 19.4 Å². The van der Waals surface area contributed by atoms with E-state index in [0.717, 1.165) is 11.3 Å². The zero-order valence-corrected chi connectivity index (χ0v) is 15.8. The number of ether oxygens (including phenoxy) is 1. The molecule has 1 heterocycles. The molecular formula is C21H24N2O4. The maximum atomic E-state index is 13.1. The fourth-order valence-corrected chi connectivity index (χ4v) is 3.72. The number of carbonyl (C=O) groups excluding carboxylic acids is 1. The molecule has 0 radical (unpaired) electrons. The van der Waals surface area contributed by atoms with Gasteiger partial charge in [0, 0.05) is 38.8 Å². The van der Waals surface area contributed by atoms with Crippen LogP contribution in [0.1, 0.15) is 21.8 Å². The maximum Gasteiger partial charge on any atom is 0.308 e. The van der Waals surface area contributed by atoms with E-state index in [1.54, 1.807) is 18.1 Å². The van der Waals surface area contributed by atoms with E-state index in [2.05, 4.69) is 0 Å². The molecule has 0 bridgehead atoms. The number of methoxy groups -OCH3 is 1. The summed E-state index contributed by atoms with van der Waals surface area (Å²) in [6.07, 6.45) is 0. The van der Waals surface area contributed by atoms with E-state index in [1.165, 1.54) is 0 Å². The molecule has 0 spiro atoms. The number of rotatable bonds is 5. The van der Waals surface area contributed by atoms with Gasteiger partial charge < -0.3 is 19.6 Å². The largest absolute Gasteiger partial charge is 0.496 e. The Bertz CT molecular complexity index is 850. The van der Waals surface area contributed by atoms with Crippen LogP contribution in [0.3, 0.4) is 0 Å². The monoisotopic (exact) mass is 368 g/mol. The van der Waals surface area contributed by atoms with Gasteiger partial charge in [0.05, 0.1) is 18.6 Å². The molecule has 1 amide bonds. The molecule has 1 fully saturated rings. The van der Waals surface area contributed by atoms with Gasteiger partial charge in [0.25, 0.3) is 5.91 Å². The van der Waals surface area contributed by atoms with Gasteiger partial charge in [-0.1, -0.05) is 30.3 Å². The molecule has 0 aliphatic carbocycles. The summed E-state index contributed by atoms with van der Waals surface area (Å²) in [5, 5.41) is 9.73. The second kappa shape index (κ2) is 7.70. The molecule has 6 heteroatoms. The topological polar surface area (TPSA) is 70.1 Å². The summed E-state index contributed by atoms with van der Waals surface area (Å²) in [6.45, 7) is 0.524. The summed E-state index contributed by atoms with van der Waals surface area (Å²) in [6, 6.07) is 14.8. The molecule has 0 saturated carbocycles. The number of nitrogens with zero attached hydrogens (tertiary/aromatic N) is 2. The maximum absolute atomic E-state index is 13.1. The summed E-state index contributed by atoms with van der Waals surface area (Å²) in [5.41, 5.74) is 2.21. The first kappa shape index (κ1) is 18.8. The molecule has 2 atom stereocenters. The first-order chi connectivity index (χ1) is 12.9. The van der Waals surface area contributed by atoms with Gasteiger partial charge >= 0.3 is 5.97 Å². The standard InChI is InChI=1S/C21H24N2O4/c1-22(2)18-10-6-4-9-15(18)20(24)23-12-16(17(13-23)21(25)26)14-8-5-7-11-19(14)27-3/h4-11,16-17H,12-13H2,1-3H3,(H,25,26)/t16-,17+/m1/s1. The number of carbonyl (C=O) groups is 2. The van der Waals surface area contributed by atoms with E-state index in [0.29, 0.717) is 17.9 Å². The molecule has 6 nitrogen and oxygen atoms in total. The lowest BCUT2D eigenvalue weighted by molar-refractivity contribution is -0.141. The van der Waals surface area contributed by atoms with E-state index in [9.17, 15) is 14.7 Å². The third-order valence-corrected chi connectivity index (χ3v) is 5.08. The summed E-state index contributed by atoms with van der Waals surface area (Å²) >= 11 is 0. The van der Waals surface area contributed by atoms with Crippen molar-refractivity contribution in [2.75, 3.05) is 39.2 Å². The molecule has 1 saturated heterocycles. The molecule has 2 aromatic carbocycles. The zero-order chi connectivity index (χ0) is 19.6. The van der Waals surface area contributed by atoms with Crippen molar-refractivity contribution in [2.45, 2.75) is 5.92 Å². The summed E-state index contributed by atoms with van der Waals surface area (Å²) in [5.74, 6) is -1.38. The molecule has 1 aliphatic heterocycles. The van der Waals surface area contributed by atoms with Gasteiger partial charge in [-0.05, 0) is 23.8 Å². The minimum Gasteiger partial charge on any atom is -0.496 e. The van der Waals surface area contributed by atoms with E-state index < -0.39 is 11.9 Å². The highest BCUT2D eigenvalue weighted by Crippen LogP contribution is 2.38. The molecule has 1 N–H and O–H groups in total. The lowest BCUT2D eigenvalue weighted by Crippen LogP contribution is -2.31. The molecule has 142 valence electrons. The van der Waals surface area contributed by atoms with Crippen molar-refractivity contribution in [1.82, 2.24) is 4.90 Å². The summed E-state index contributed by atoms with van der Waals surface area (Å²) in [7, 11) is 5.33. The summed E-state index contributed by atoms with van der Waals surface area (Å²) in [4.78, 5) is 28.5. The minimum atomic E-state index is -0.901. The van der Waals surface area contributed by atoms with E-state index in [1.807, 2.05) is 61.5 Å². The zero-order valence-electron chi connectivity index (χ0n) is 15.8. The molecule has 2 aromatic rings. The smallest absolute Gasteiger partial charge is 0.308 e. The summed E-state index contributed by atoms with van der Waals surface area (Å²) < 4.78 is 5.41. The van der Waals surface area contributed by atoms with Crippen molar-refractivity contribution in [2.24, 2.45) is 5.92 Å². The van der Waals surface area contributed by atoms with Crippen molar-refractivity contribution in [3.8, 4) is 5.75 Å². The fraction of sp³-hybridized carbons (Fsp3) is 0.333. The van der Waals surface area contributed by atoms with Gasteiger partial charge in [0.15, 0.2) is 0 Å². The van der Waals surface area contributed by atoms with Gasteiger partial charge in [0.2, 0.25) is 0 Å². The molecule has 3 rings (SSSR count). The first-order valence-corrected chi connectivity index (χ1v) is 8.85. The van der Waals surface area contributed by atoms with Gasteiger partial charge in [0.1, 0.15) is 5.75 Å². The van der Waals surface area contributed by atoms with Crippen LogP contribution in [0.2, 0.25) is 0 Å². The Hall–Kier alpha value is -3.02. The minimum absolute atomic E-state index is 0.150. The number of anilines is 1. The molecule has 0 unspecified atom stereocenters. The Morgan fingerprint density at radius 1 is 1.07 bits per heavy atom. The second-order valence-corrected chi connectivity index (χ2v) is 6.91. The van der Waals surface area contributed by atoms with Gasteiger partial charge in [-0.15, -0.1) is 0 Å². The Morgan fingerprint density at radius 3 is 2.41 bits per heavy atom. The third kappa shape index (κ3) is 3.60. The fourth-order valence-electron chi connectivity index (χ4n) is 3.72. The number of hydrogen-bond acceptors (Lipinski definition) is 4. The number of likely N-dealkylation sites (tertiary alicyclic amines) is 1. The number of carboxylic acid groups (broad SMARTS) is 1. The van der Waals surface area contributed by atoms with Gasteiger partial charge in [-0.2, -0.15) is 0 Å². The number of carboxylic acids is 1. The number of para-hydroxylation sites is 2. The molecule has 27 heavy (non-hydrogen) atoms. The predicted octanol–water partition coefficient (Wildman–Crippen LogP) is 2.70. The number of amides is 1. The van der Waals surface area contributed by atoms with Crippen LogP contribution in [0.5, 0.6) is 5.75 Å². The van der Waals surface area contributed by atoms with Gasteiger partial charge in [-0.25, -0.2) is 0 Å². The Labute approximate surface area is 159 Å². The van der Waals surface area contributed by atoms with Crippen LogP contribution in [0.25, 0.3) is 0 Å². The average molecular weight is 368 g/mol. The van der Waals surface area contributed by atoms with Crippen LogP contribution in [-0.4, -0.2) is 56.2 Å². The molecule has 0 aromatic heterocycles. The molecular weight excluding hydrogens is 344 g/mol. The van der Waals surface area contributed by atoms with Crippen LogP contribution in [-0.2, 0) is 4.79 Å². The van der Waals surface area contributed by atoms with Crippen LogP contribution < -0.4 is 9.64 Å². The van der Waals surface area contributed by atoms with Crippen LogP contribution >= 0.6 is 0 Å². The quantitative estimate of drug-likeness (QED) is 0.879. The van der Waals surface area contributed by atoms with Crippen molar-refractivity contribution in [3.05, 3.63) is 59.7 Å². The average Bonchev–Trinajstić information content (AvgIpc) is 3.13. The van der Waals surface area contributed by atoms with E-state index >= 15 is 0 Å². The lowest BCUT2D eigenvalue weighted by Gasteiger charge is -2.22. The SMILES string of the molecule is COc1ccccc1[C@H]1CN(C(=O)c2ccccc2N(C)C)C[C@@H]1C(=O)O. The number of hydrogen-bond donors (Lipinski definition) is 1. The van der Waals surface area contributed by atoms with E-state index in [4.69, 9.17) is 4.74 Å². The highest BCUT2D eigenvalue weighted by atomic mass is 16.5. The third-order valence-electron chi connectivity index (χ3n) is 5.08. The van der Waals surface area contributed by atoms with Gasteiger partial charge in [-0.3, -0.25) is 9.59 Å².